The van der Waals surface area contributed by atoms with Gasteiger partial charge < -0.3 is 24.8 Å². The van der Waals surface area contributed by atoms with E-state index in [9.17, 15) is 0 Å². The molecule has 0 radical (unpaired) electrons. The molecule has 330 valence electrons. The zero-order chi connectivity index (χ0) is 43.2. The maximum atomic E-state index is 2.35. The van der Waals surface area contributed by atoms with E-state index in [1.54, 1.807) is 0 Å². The molecule has 0 amide bonds. The van der Waals surface area contributed by atoms with Gasteiger partial charge in [-0.1, -0.05) is 291 Å². The number of benzene rings is 10. The van der Waals surface area contributed by atoms with E-state index < -0.39 is 31.7 Å². The van der Waals surface area contributed by atoms with Crippen LogP contribution in [0.5, 0.6) is 0 Å². The summed E-state index contributed by atoms with van der Waals surface area (Å²) in [5, 5.41) is 16.9. The molecule has 0 fully saturated rings. The maximum absolute atomic E-state index is 2.35. The molecule has 7 heteroatoms. The Kier molecular flexibility index (Phi) is 20.4. The Hall–Kier alpha value is -4.98. The third-order valence-electron chi connectivity index (χ3n) is 10.8. The van der Waals surface area contributed by atoms with Crippen molar-refractivity contribution < 1.29 is 41.9 Å². The minimum absolute atomic E-state index is 0. The Morgan fingerprint density at radius 2 is 0.254 bits per heavy atom. The van der Waals surface area contributed by atoms with Crippen molar-refractivity contribution in [3.8, 4) is 0 Å². The molecule has 0 saturated heterocycles. The van der Waals surface area contributed by atoms with Crippen LogP contribution >= 0.6 is 31.7 Å². The standard InChI is InChI=1S/2C30H24P2.2ClH.Fe/c2*1-5-15-25(16-6-1)31(26-17-7-2-8-18-26)29-23-13-14-24-30(29)32(27-19-9-3-10-20-27)28-21-11-4-12-22-28;;;/h2*1-24H;2*1H;/q;;;;+2/p-2. The van der Waals surface area contributed by atoms with Gasteiger partial charge in [0.05, 0.1) is 0 Å². The van der Waals surface area contributed by atoms with Crippen LogP contribution in [0.2, 0.25) is 0 Å². The van der Waals surface area contributed by atoms with Gasteiger partial charge in [0.25, 0.3) is 0 Å². The van der Waals surface area contributed by atoms with Gasteiger partial charge >= 0.3 is 17.1 Å². The van der Waals surface area contributed by atoms with E-state index in [2.05, 4.69) is 291 Å². The van der Waals surface area contributed by atoms with Crippen LogP contribution in [-0.2, 0) is 17.1 Å². The first kappa shape index (κ1) is 51.4. The molecule has 0 spiro atoms. The van der Waals surface area contributed by atoms with Gasteiger partial charge in [0, 0.05) is 0 Å². The fourth-order valence-corrected chi connectivity index (χ4v) is 18.5. The fourth-order valence-electron chi connectivity index (χ4n) is 8.01. The van der Waals surface area contributed by atoms with Crippen molar-refractivity contribution in [2.45, 2.75) is 0 Å². The zero-order valence-corrected chi connectivity index (χ0v) is 42.8. The molecule has 0 N–H and O–H groups in total. The van der Waals surface area contributed by atoms with Crippen LogP contribution in [0, 0.1) is 0 Å². The second-order valence-corrected chi connectivity index (χ2v) is 23.7. The predicted octanol–water partition coefficient (Wildman–Crippen LogP) is 4.41. The van der Waals surface area contributed by atoms with Crippen LogP contribution in [0.3, 0.4) is 0 Å². The molecule has 0 atom stereocenters. The molecule has 0 bridgehead atoms. The second-order valence-electron chi connectivity index (χ2n) is 15.0. The van der Waals surface area contributed by atoms with E-state index in [4.69, 9.17) is 0 Å². The summed E-state index contributed by atoms with van der Waals surface area (Å²) < 4.78 is 0. The largest absolute Gasteiger partial charge is 2.00 e. The first-order valence-electron chi connectivity index (χ1n) is 21.6. The van der Waals surface area contributed by atoms with Crippen LogP contribution in [-0.4, -0.2) is 0 Å². The molecule has 0 nitrogen and oxygen atoms in total. The summed E-state index contributed by atoms with van der Waals surface area (Å²) in [5.74, 6) is 0. The van der Waals surface area contributed by atoms with Crippen molar-refractivity contribution in [2.24, 2.45) is 0 Å². The average molecular weight is 1020 g/mol. The number of hydrogen-bond acceptors (Lipinski definition) is 0. The molecule has 0 unspecified atom stereocenters. The van der Waals surface area contributed by atoms with Crippen LogP contribution in [0.25, 0.3) is 0 Å². The van der Waals surface area contributed by atoms with Crippen molar-refractivity contribution in [3.63, 3.8) is 0 Å². The average Bonchev–Trinajstić information content (AvgIpc) is 3.38. The van der Waals surface area contributed by atoms with Crippen LogP contribution < -0.4 is 88.5 Å². The molecule has 0 aliphatic carbocycles. The van der Waals surface area contributed by atoms with Gasteiger partial charge in [-0.15, -0.1) is 0 Å². The topological polar surface area (TPSA) is 0 Å². The second kappa shape index (κ2) is 26.5. The summed E-state index contributed by atoms with van der Waals surface area (Å²) in [6.45, 7) is 0. The van der Waals surface area contributed by atoms with Gasteiger partial charge in [-0.3, -0.25) is 0 Å². The molecule has 10 aromatic carbocycles. The van der Waals surface area contributed by atoms with E-state index in [0.717, 1.165) is 0 Å². The first-order valence-corrected chi connectivity index (χ1v) is 27.0. The van der Waals surface area contributed by atoms with Crippen molar-refractivity contribution in [2.75, 3.05) is 0 Å². The molecule has 10 aromatic rings. The van der Waals surface area contributed by atoms with Crippen molar-refractivity contribution >= 4 is 95.3 Å². The summed E-state index contributed by atoms with van der Waals surface area (Å²) >= 11 is 0. The molecule has 0 aromatic heterocycles. The molecule has 67 heavy (non-hydrogen) atoms. The Labute approximate surface area is 425 Å². The summed E-state index contributed by atoms with van der Waals surface area (Å²) in [7, 11) is -2.66. The Bertz CT molecular complexity index is 2370. The molecule has 0 saturated carbocycles. The minimum atomic E-state index is -0.664. The predicted molar refractivity (Wildman–Crippen MR) is 288 cm³/mol. The first-order chi connectivity index (χ1) is 31.8. The summed E-state index contributed by atoms with van der Waals surface area (Å²) in [6, 6.07) is 106. The number of rotatable bonds is 12. The van der Waals surface area contributed by atoms with Gasteiger partial charge in [0.15, 0.2) is 0 Å². The van der Waals surface area contributed by atoms with Crippen molar-refractivity contribution in [3.05, 3.63) is 291 Å². The molecule has 0 aliphatic heterocycles. The Balaban J connectivity index is 0.000000212. The summed E-state index contributed by atoms with van der Waals surface area (Å²) in [6.07, 6.45) is 0. The normalized spacial score (nSPS) is 10.6. The van der Waals surface area contributed by atoms with E-state index in [1.165, 1.54) is 63.7 Å². The van der Waals surface area contributed by atoms with Gasteiger partial charge in [0.2, 0.25) is 0 Å². The molecule has 0 aliphatic rings. The number of halogens is 2. The van der Waals surface area contributed by atoms with Gasteiger partial charge in [0.1, 0.15) is 0 Å². The smallest absolute Gasteiger partial charge is 1.00 e. The van der Waals surface area contributed by atoms with Crippen LogP contribution in [0.15, 0.2) is 291 Å². The van der Waals surface area contributed by atoms with E-state index >= 15 is 0 Å². The molecule has 0 heterocycles. The van der Waals surface area contributed by atoms with E-state index in [-0.39, 0.29) is 41.9 Å². The third kappa shape index (κ3) is 12.8. The van der Waals surface area contributed by atoms with Crippen molar-refractivity contribution in [1.29, 1.82) is 0 Å². The van der Waals surface area contributed by atoms with Crippen LogP contribution in [0.4, 0.5) is 0 Å². The van der Waals surface area contributed by atoms with E-state index in [1.807, 2.05) is 0 Å². The SMILES string of the molecule is [Cl-].[Cl-].[Fe+2].c1ccc(P(c2ccccc2)c2ccccc2P(c2ccccc2)c2ccccc2)cc1.c1ccc(P(c2ccccc2)c2ccccc2P(c2ccccc2)c2ccccc2)cc1. The van der Waals surface area contributed by atoms with Gasteiger partial charge in [-0.25, -0.2) is 0 Å². The maximum Gasteiger partial charge on any atom is 2.00 e. The Morgan fingerprint density at radius 3 is 0.373 bits per heavy atom. The van der Waals surface area contributed by atoms with Crippen LogP contribution in [0.1, 0.15) is 0 Å². The summed E-state index contributed by atoms with van der Waals surface area (Å²) in [5.41, 5.74) is 0. The number of hydrogen-bond donors (Lipinski definition) is 0. The zero-order valence-electron chi connectivity index (χ0n) is 36.6. The quantitative estimate of drug-likeness (QED) is 0.126. The third-order valence-corrected chi connectivity index (χ3v) is 21.2. The monoisotopic (exact) mass is 1020 g/mol. The van der Waals surface area contributed by atoms with Crippen molar-refractivity contribution in [1.82, 2.24) is 0 Å². The minimum Gasteiger partial charge on any atom is -1.00 e. The van der Waals surface area contributed by atoms with E-state index in [0.29, 0.717) is 0 Å². The Morgan fingerprint density at radius 1 is 0.149 bits per heavy atom. The van der Waals surface area contributed by atoms with Gasteiger partial charge in [-0.2, -0.15) is 0 Å². The summed E-state index contributed by atoms with van der Waals surface area (Å²) in [4.78, 5) is 0. The molecular formula is C60H48Cl2FeP4. The molecular weight excluding hydrogens is 971 g/mol. The molecule has 10 rings (SSSR count). The fraction of sp³-hybridized carbons (Fsp3) is 0. The van der Waals surface area contributed by atoms with Gasteiger partial charge in [-0.05, 0) is 95.3 Å².